The number of benzene rings is 1. The fourth-order valence-corrected chi connectivity index (χ4v) is 3.08. The van der Waals surface area contributed by atoms with Gasteiger partial charge in [0.15, 0.2) is 0 Å². The standard InChI is InChI=1S/C18H19FN2O/c1-12-13(14-6-3-5-9-17(14)21-12)10-11-20-18(22)15-7-2-4-8-16(15)19/h2-9,14,17,21H,10-11H2,1H3,(H,20,22). The normalized spacial score (nSPS) is 22.5. The van der Waals surface area contributed by atoms with Crippen molar-refractivity contribution in [1.29, 1.82) is 0 Å². The second-order valence-electron chi connectivity index (χ2n) is 5.60. The Morgan fingerprint density at radius 3 is 2.86 bits per heavy atom. The molecule has 1 amide bonds. The minimum absolute atomic E-state index is 0.0936. The quantitative estimate of drug-likeness (QED) is 0.897. The molecule has 1 heterocycles. The molecule has 3 nitrogen and oxygen atoms in total. The van der Waals surface area contributed by atoms with Crippen molar-refractivity contribution in [1.82, 2.24) is 10.6 Å². The zero-order valence-electron chi connectivity index (χ0n) is 12.5. The Morgan fingerprint density at radius 1 is 1.27 bits per heavy atom. The first-order chi connectivity index (χ1) is 10.7. The summed E-state index contributed by atoms with van der Waals surface area (Å²) in [5.41, 5.74) is 2.57. The zero-order chi connectivity index (χ0) is 15.5. The lowest BCUT2D eigenvalue weighted by Gasteiger charge is -2.18. The van der Waals surface area contributed by atoms with Gasteiger partial charge in [-0.3, -0.25) is 4.79 Å². The molecule has 2 aliphatic rings. The smallest absolute Gasteiger partial charge is 0.254 e. The van der Waals surface area contributed by atoms with Crippen molar-refractivity contribution in [2.24, 2.45) is 5.92 Å². The van der Waals surface area contributed by atoms with Crippen LogP contribution in [0.3, 0.4) is 0 Å². The molecule has 22 heavy (non-hydrogen) atoms. The van der Waals surface area contributed by atoms with E-state index >= 15 is 0 Å². The van der Waals surface area contributed by atoms with Gasteiger partial charge in [0.25, 0.3) is 5.91 Å². The van der Waals surface area contributed by atoms with Crippen molar-refractivity contribution in [3.63, 3.8) is 0 Å². The molecule has 0 saturated carbocycles. The van der Waals surface area contributed by atoms with Crippen molar-refractivity contribution >= 4 is 5.91 Å². The maximum atomic E-state index is 13.6. The van der Waals surface area contributed by atoms with E-state index in [9.17, 15) is 9.18 Å². The fraction of sp³-hybridized carbons (Fsp3) is 0.278. The Morgan fingerprint density at radius 2 is 2.05 bits per heavy atom. The van der Waals surface area contributed by atoms with Crippen molar-refractivity contribution < 1.29 is 9.18 Å². The van der Waals surface area contributed by atoms with Gasteiger partial charge < -0.3 is 10.6 Å². The molecule has 2 atom stereocenters. The predicted octanol–water partition coefficient (Wildman–Crippen LogP) is 2.93. The Labute approximate surface area is 129 Å². The van der Waals surface area contributed by atoms with Crippen molar-refractivity contribution in [3.8, 4) is 0 Å². The summed E-state index contributed by atoms with van der Waals surface area (Å²) in [7, 11) is 0. The van der Waals surface area contributed by atoms with Crippen LogP contribution in [-0.4, -0.2) is 18.5 Å². The van der Waals surface area contributed by atoms with Gasteiger partial charge >= 0.3 is 0 Å². The first kappa shape index (κ1) is 14.6. The molecule has 0 fully saturated rings. The van der Waals surface area contributed by atoms with E-state index in [0.717, 1.165) is 6.42 Å². The Bertz CT molecular complexity index is 675. The van der Waals surface area contributed by atoms with E-state index in [0.29, 0.717) is 18.5 Å². The number of allylic oxidation sites excluding steroid dienone is 3. The van der Waals surface area contributed by atoms with Crippen LogP contribution in [0.15, 0.2) is 59.8 Å². The molecule has 0 radical (unpaired) electrons. The second kappa shape index (κ2) is 6.18. The van der Waals surface area contributed by atoms with Crippen molar-refractivity contribution in [2.45, 2.75) is 19.4 Å². The second-order valence-corrected chi connectivity index (χ2v) is 5.60. The van der Waals surface area contributed by atoms with Crippen LogP contribution < -0.4 is 10.6 Å². The third kappa shape index (κ3) is 2.82. The van der Waals surface area contributed by atoms with Crippen LogP contribution in [0.1, 0.15) is 23.7 Å². The molecule has 2 unspecified atom stereocenters. The van der Waals surface area contributed by atoms with E-state index in [4.69, 9.17) is 0 Å². The van der Waals surface area contributed by atoms with Gasteiger partial charge in [-0.15, -0.1) is 0 Å². The summed E-state index contributed by atoms with van der Waals surface area (Å²) < 4.78 is 13.6. The molecule has 0 saturated heterocycles. The minimum Gasteiger partial charge on any atom is -0.381 e. The third-order valence-corrected chi connectivity index (χ3v) is 4.20. The number of rotatable bonds is 4. The third-order valence-electron chi connectivity index (χ3n) is 4.20. The van der Waals surface area contributed by atoms with Gasteiger partial charge in [0.1, 0.15) is 5.82 Å². The van der Waals surface area contributed by atoms with Crippen LogP contribution in [0.4, 0.5) is 4.39 Å². The lowest BCUT2D eigenvalue weighted by atomic mass is 9.89. The number of hydrogen-bond acceptors (Lipinski definition) is 2. The van der Waals surface area contributed by atoms with E-state index in [2.05, 4.69) is 35.8 Å². The van der Waals surface area contributed by atoms with Gasteiger partial charge in [0.2, 0.25) is 0 Å². The largest absolute Gasteiger partial charge is 0.381 e. The molecule has 2 N–H and O–H groups in total. The van der Waals surface area contributed by atoms with Gasteiger partial charge in [-0.1, -0.05) is 36.4 Å². The number of amides is 1. The van der Waals surface area contributed by atoms with Gasteiger partial charge in [-0.2, -0.15) is 0 Å². The molecule has 1 aliphatic heterocycles. The number of halogens is 1. The van der Waals surface area contributed by atoms with Crippen molar-refractivity contribution in [3.05, 3.63) is 71.2 Å². The topological polar surface area (TPSA) is 41.1 Å². The summed E-state index contributed by atoms with van der Waals surface area (Å²) in [6.45, 7) is 2.57. The minimum atomic E-state index is -0.488. The molecule has 3 rings (SSSR count). The van der Waals surface area contributed by atoms with E-state index in [1.165, 1.54) is 23.4 Å². The summed E-state index contributed by atoms with van der Waals surface area (Å²) in [6.07, 6.45) is 9.20. The summed E-state index contributed by atoms with van der Waals surface area (Å²) in [4.78, 5) is 12.0. The molecule has 1 aliphatic carbocycles. The van der Waals surface area contributed by atoms with E-state index in [1.54, 1.807) is 12.1 Å². The molecule has 114 valence electrons. The molecular formula is C18H19FN2O. The number of hydrogen-bond donors (Lipinski definition) is 2. The number of carbonyl (C=O) groups excluding carboxylic acids is 1. The molecular weight excluding hydrogens is 279 g/mol. The van der Waals surface area contributed by atoms with Gasteiger partial charge in [-0.05, 0) is 31.1 Å². The summed E-state index contributed by atoms with van der Waals surface area (Å²) in [5, 5.41) is 6.25. The highest BCUT2D eigenvalue weighted by Gasteiger charge is 2.29. The lowest BCUT2D eigenvalue weighted by molar-refractivity contribution is 0.0950. The molecule has 4 heteroatoms. The summed E-state index contributed by atoms with van der Waals surface area (Å²) >= 11 is 0. The Kier molecular flexibility index (Phi) is 4.09. The maximum Gasteiger partial charge on any atom is 0.254 e. The number of fused-ring (bicyclic) bond motifs is 1. The highest BCUT2D eigenvalue weighted by molar-refractivity contribution is 5.94. The first-order valence-corrected chi connectivity index (χ1v) is 7.50. The van der Waals surface area contributed by atoms with Crippen LogP contribution in [0.2, 0.25) is 0 Å². The molecule has 0 bridgehead atoms. The van der Waals surface area contributed by atoms with Crippen LogP contribution in [0, 0.1) is 11.7 Å². The number of carbonyl (C=O) groups is 1. The Balaban J connectivity index is 1.58. The molecule has 0 aromatic heterocycles. The lowest BCUT2D eigenvalue weighted by Crippen LogP contribution is -2.28. The summed E-state index contributed by atoms with van der Waals surface area (Å²) in [5.74, 6) is -0.494. The van der Waals surface area contributed by atoms with Gasteiger partial charge in [0, 0.05) is 18.2 Å². The highest BCUT2D eigenvalue weighted by atomic mass is 19.1. The molecule has 1 aromatic rings. The highest BCUT2D eigenvalue weighted by Crippen LogP contribution is 2.31. The summed E-state index contributed by atoms with van der Waals surface area (Å²) in [6, 6.07) is 6.36. The molecule has 0 spiro atoms. The monoisotopic (exact) mass is 298 g/mol. The average Bonchev–Trinajstić information content (AvgIpc) is 2.83. The SMILES string of the molecule is CC1=C(CCNC(=O)c2ccccc2F)C2C=CC=CC2N1. The molecule has 1 aromatic carbocycles. The first-order valence-electron chi connectivity index (χ1n) is 7.50. The van der Waals surface area contributed by atoms with Gasteiger partial charge in [-0.25, -0.2) is 4.39 Å². The van der Waals surface area contributed by atoms with Gasteiger partial charge in [0.05, 0.1) is 11.6 Å². The predicted molar refractivity (Wildman–Crippen MR) is 84.7 cm³/mol. The maximum absolute atomic E-state index is 13.6. The average molecular weight is 298 g/mol. The van der Waals surface area contributed by atoms with E-state index in [1.807, 2.05) is 6.08 Å². The van der Waals surface area contributed by atoms with Crippen LogP contribution in [0.5, 0.6) is 0 Å². The fourth-order valence-electron chi connectivity index (χ4n) is 3.08. The Hall–Kier alpha value is -2.36. The van der Waals surface area contributed by atoms with Crippen LogP contribution in [-0.2, 0) is 0 Å². The van der Waals surface area contributed by atoms with Crippen LogP contribution in [0.25, 0.3) is 0 Å². The number of nitrogens with one attached hydrogen (secondary N) is 2. The van der Waals surface area contributed by atoms with E-state index in [-0.39, 0.29) is 11.5 Å². The zero-order valence-corrected chi connectivity index (χ0v) is 12.5. The van der Waals surface area contributed by atoms with E-state index < -0.39 is 5.82 Å². The van der Waals surface area contributed by atoms with Crippen molar-refractivity contribution in [2.75, 3.05) is 6.54 Å². The van der Waals surface area contributed by atoms with Crippen LogP contribution >= 0.6 is 0 Å².